The van der Waals surface area contributed by atoms with Gasteiger partial charge in [-0.25, -0.2) is 14.8 Å². The molecule has 2 amide bonds. The number of amides is 2. The van der Waals surface area contributed by atoms with Gasteiger partial charge in [-0.15, -0.1) is 0 Å². The van der Waals surface area contributed by atoms with Crippen LogP contribution >= 0.6 is 22.9 Å². The molecule has 0 atom stereocenters. The number of nitrogens with one attached hydrogen (secondary N) is 3. The summed E-state index contributed by atoms with van der Waals surface area (Å²) in [6.07, 6.45) is 4.21. The first-order valence-electron chi connectivity index (χ1n) is 10.5. The van der Waals surface area contributed by atoms with E-state index in [9.17, 15) is 9.59 Å². The molecule has 12 heteroatoms. The summed E-state index contributed by atoms with van der Waals surface area (Å²) in [7, 11) is 0. The van der Waals surface area contributed by atoms with Crippen LogP contribution in [0.5, 0.6) is 0 Å². The van der Waals surface area contributed by atoms with Gasteiger partial charge in [-0.05, 0) is 51.8 Å². The van der Waals surface area contributed by atoms with E-state index in [0.717, 1.165) is 24.2 Å². The number of ether oxygens (including phenoxy) is 1. The van der Waals surface area contributed by atoms with Crippen molar-refractivity contribution in [2.24, 2.45) is 5.92 Å². The minimum Gasteiger partial charge on any atom is -0.444 e. The molecular formula is C22H24ClN7O3S. The highest BCUT2D eigenvalue weighted by Crippen LogP contribution is 2.34. The van der Waals surface area contributed by atoms with Gasteiger partial charge in [-0.3, -0.25) is 20.1 Å². The Balaban J connectivity index is 1.54. The summed E-state index contributed by atoms with van der Waals surface area (Å²) in [5.41, 5.74) is 7.03. The molecule has 0 radical (unpaired) electrons. The van der Waals surface area contributed by atoms with Crippen LogP contribution in [-0.2, 0) is 9.53 Å². The van der Waals surface area contributed by atoms with E-state index in [2.05, 4.69) is 20.6 Å². The number of carbonyl (C=O) groups excluding carboxylic acids is 2. The molecule has 0 bridgehead atoms. The van der Waals surface area contributed by atoms with Crippen molar-refractivity contribution >= 4 is 57.4 Å². The number of benzene rings is 1. The molecule has 1 fully saturated rings. The fraction of sp³-hybridized carbons (Fsp3) is 0.318. The summed E-state index contributed by atoms with van der Waals surface area (Å²) in [6.45, 7) is 5.33. The number of nitrogen functional groups attached to an aromatic ring is 1. The lowest BCUT2D eigenvalue weighted by Crippen LogP contribution is -2.27. The van der Waals surface area contributed by atoms with E-state index in [0.29, 0.717) is 32.0 Å². The molecule has 0 spiro atoms. The van der Waals surface area contributed by atoms with Crippen molar-refractivity contribution in [2.45, 2.75) is 39.2 Å². The third kappa shape index (κ3) is 5.37. The first kappa shape index (κ1) is 23.7. The van der Waals surface area contributed by atoms with Gasteiger partial charge in [0.05, 0.1) is 16.9 Å². The van der Waals surface area contributed by atoms with Crippen molar-refractivity contribution in [3.8, 4) is 11.3 Å². The summed E-state index contributed by atoms with van der Waals surface area (Å²) in [6, 6.07) is 4.99. The molecule has 2 heterocycles. The molecule has 34 heavy (non-hydrogen) atoms. The van der Waals surface area contributed by atoms with Crippen LogP contribution in [0.3, 0.4) is 0 Å². The lowest BCUT2D eigenvalue weighted by atomic mass is 10.1. The number of thiazole rings is 1. The van der Waals surface area contributed by atoms with Crippen LogP contribution in [0.15, 0.2) is 30.7 Å². The smallest absolute Gasteiger partial charge is 0.412 e. The van der Waals surface area contributed by atoms with Crippen molar-refractivity contribution in [3.05, 3.63) is 40.6 Å². The van der Waals surface area contributed by atoms with Crippen LogP contribution in [0.2, 0.25) is 5.02 Å². The number of nitrogens with zero attached hydrogens (tertiary/aromatic N) is 3. The molecule has 5 N–H and O–H groups in total. The number of anilines is 3. The molecule has 2 aromatic heterocycles. The Hall–Kier alpha value is -3.44. The van der Waals surface area contributed by atoms with Gasteiger partial charge < -0.3 is 15.8 Å². The number of halogens is 1. The maximum atomic E-state index is 12.0. The van der Waals surface area contributed by atoms with Crippen LogP contribution < -0.4 is 16.4 Å². The van der Waals surface area contributed by atoms with E-state index >= 15 is 0 Å². The predicted octanol–water partition coefficient (Wildman–Crippen LogP) is 4.81. The molecule has 178 valence electrons. The second-order valence-corrected chi connectivity index (χ2v) is 10.2. The fourth-order valence-corrected chi connectivity index (χ4v) is 4.22. The number of nitrogens with two attached hydrogens (primary N) is 1. The van der Waals surface area contributed by atoms with E-state index in [1.54, 1.807) is 45.2 Å². The molecule has 0 aliphatic heterocycles. The number of carbonyl (C=O) groups is 2. The zero-order chi connectivity index (χ0) is 24.6. The van der Waals surface area contributed by atoms with Gasteiger partial charge in [-0.2, -0.15) is 0 Å². The van der Waals surface area contributed by atoms with Gasteiger partial charge in [0.25, 0.3) is 0 Å². The molecule has 0 unspecified atom stereocenters. The van der Waals surface area contributed by atoms with Gasteiger partial charge in [0.1, 0.15) is 22.6 Å². The topological polar surface area (TPSA) is 148 Å². The quantitative estimate of drug-likeness (QED) is 0.291. The summed E-state index contributed by atoms with van der Waals surface area (Å²) in [4.78, 5) is 32.8. The summed E-state index contributed by atoms with van der Waals surface area (Å²) < 4.78 is 6.79. The highest BCUT2D eigenvalue weighted by molar-refractivity contribution is 7.18. The molecule has 1 aliphatic rings. The van der Waals surface area contributed by atoms with Crippen LogP contribution in [0.1, 0.15) is 38.5 Å². The van der Waals surface area contributed by atoms with E-state index < -0.39 is 11.7 Å². The molecule has 1 aliphatic carbocycles. The van der Waals surface area contributed by atoms with Crippen molar-refractivity contribution in [1.82, 2.24) is 14.5 Å². The highest BCUT2D eigenvalue weighted by atomic mass is 35.5. The average Bonchev–Trinajstić information content (AvgIpc) is 3.36. The summed E-state index contributed by atoms with van der Waals surface area (Å²) in [5.74, 6) is 0.135. The van der Waals surface area contributed by atoms with Crippen molar-refractivity contribution < 1.29 is 14.3 Å². The van der Waals surface area contributed by atoms with Crippen molar-refractivity contribution in [1.29, 1.82) is 5.41 Å². The van der Waals surface area contributed by atoms with Crippen LogP contribution in [0, 0.1) is 11.3 Å². The van der Waals surface area contributed by atoms with Gasteiger partial charge in [-0.1, -0.05) is 22.9 Å². The molecule has 10 nitrogen and oxygen atoms in total. The maximum Gasteiger partial charge on any atom is 0.412 e. The number of hydrogen-bond acceptors (Lipinski definition) is 8. The zero-order valence-electron chi connectivity index (χ0n) is 18.8. The number of hydrogen-bond donors (Lipinski definition) is 4. The minimum absolute atomic E-state index is 0.0307. The van der Waals surface area contributed by atoms with Crippen LogP contribution in [0.4, 0.5) is 21.4 Å². The Morgan fingerprint density at radius 2 is 2.03 bits per heavy atom. The standard InChI is InChI=1S/C22H24ClN7O3S/c1-22(2,3)33-21(32)27-12-6-7-13(14(23)8-12)15-9-26-10-30(15)18(25)16-17(24)28-20(34-16)29-19(31)11-4-5-11/h6-11,25H,4-5,24H2,1-3H3,(H,27,32)(H,28,29,31). The summed E-state index contributed by atoms with van der Waals surface area (Å²) in [5, 5.41) is 14.8. The second-order valence-electron chi connectivity index (χ2n) is 8.82. The predicted molar refractivity (Wildman–Crippen MR) is 133 cm³/mol. The van der Waals surface area contributed by atoms with E-state index in [4.69, 9.17) is 27.5 Å². The largest absolute Gasteiger partial charge is 0.444 e. The van der Waals surface area contributed by atoms with E-state index in [1.165, 1.54) is 10.9 Å². The molecule has 3 aromatic rings. The Morgan fingerprint density at radius 3 is 2.68 bits per heavy atom. The Kier molecular flexibility index (Phi) is 6.32. The van der Waals surface area contributed by atoms with Crippen molar-refractivity contribution in [2.75, 3.05) is 16.4 Å². The second kappa shape index (κ2) is 9.07. The van der Waals surface area contributed by atoms with Crippen LogP contribution in [0.25, 0.3) is 11.3 Å². The summed E-state index contributed by atoms with van der Waals surface area (Å²) >= 11 is 7.63. The molecule has 1 aromatic carbocycles. The number of rotatable bonds is 5. The van der Waals surface area contributed by atoms with Crippen molar-refractivity contribution in [3.63, 3.8) is 0 Å². The van der Waals surface area contributed by atoms with Gasteiger partial charge in [0, 0.05) is 17.2 Å². The monoisotopic (exact) mass is 501 g/mol. The zero-order valence-corrected chi connectivity index (χ0v) is 20.4. The lowest BCUT2D eigenvalue weighted by molar-refractivity contribution is -0.117. The first-order valence-corrected chi connectivity index (χ1v) is 11.7. The van der Waals surface area contributed by atoms with Crippen LogP contribution in [-0.4, -0.2) is 38.0 Å². The van der Waals surface area contributed by atoms with E-state index in [1.807, 2.05) is 0 Å². The van der Waals surface area contributed by atoms with E-state index in [-0.39, 0.29) is 23.5 Å². The fourth-order valence-electron chi connectivity index (χ4n) is 3.11. The maximum absolute atomic E-state index is 12.0. The Labute approximate surface area is 205 Å². The lowest BCUT2D eigenvalue weighted by Gasteiger charge is -2.20. The molecular weight excluding hydrogens is 478 g/mol. The number of aromatic nitrogens is 3. The van der Waals surface area contributed by atoms with Gasteiger partial charge in [0.2, 0.25) is 5.91 Å². The Morgan fingerprint density at radius 1 is 1.29 bits per heavy atom. The van der Waals surface area contributed by atoms with Gasteiger partial charge in [0.15, 0.2) is 11.0 Å². The number of imidazole rings is 1. The van der Waals surface area contributed by atoms with Gasteiger partial charge >= 0.3 is 6.09 Å². The minimum atomic E-state index is -0.625. The Bertz CT molecular complexity index is 1270. The SMILES string of the molecule is CC(C)(C)OC(=O)Nc1ccc(-c2cncn2C(=N)c2sc(NC(=O)C3CC3)nc2N)c(Cl)c1. The molecule has 0 saturated heterocycles. The molecule has 1 saturated carbocycles. The first-order chi connectivity index (χ1) is 16.0. The third-order valence-corrected chi connectivity index (χ3v) is 6.12. The molecule has 4 rings (SSSR count). The average molecular weight is 502 g/mol. The normalized spacial score (nSPS) is 13.4. The third-order valence-electron chi connectivity index (χ3n) is 4.82. The highest BCUT2D eigenvalue weighted by Gasteiger charge is 2.30.